The zero-order valence-corrected chi connectivity index (χ0v) is 39.1. The lowest BCUT2D eigenvalue weighted by Gasteiger charge is -2.35. The molecule has 6 atom stereocenters. The number of nitrogens with zero attached hydrogens (tertiary/aromatic N) is 2. The molecule has 0 aliphatic carbocycles. The van der Waals surface area contributed by atoms with Gasteiger partial charge in [-0.05, 0) is 67.5 Å². The molecule has 2 N–H and O–H groups in total. The maximum atomic E-state index is 13.9. The maximum Gasteiger partial charge on any atom is 0.347 e. The number of halogens is 1. The second-order valence-corrected chi connectivity index (χ2v) is 20.2. The molecule has 62 heavy (non-hydrogen) atoms. The van der Waals surface area contributed by atoms with Gasteiger partial charge in [-0.25, -0.2) is 4.79 Å². The summed E-state index contributed by atoms with van der Waals surface area (Å²) >= 11 is 10.9. The van der Waals surface area contributed by atoms with Crippen LogP contribution in [-0.4, -0.2) is 108 Å². The molecule has 0 radical (unpaired) electrons. The number of ether oxygens (including phenoxy) is 4. The van der Waals surface area contributed by atoms with Crippen LogP contribution in [0.3, 0.4) is 0 Å². The molecule has 3 heterocycles. The number of piperazine rings is 1. The summed E-state index contributed by atoms with van der Waals surface area (Å²) in [7, 11) is 1.51. The molecule has 0 aromatic heterocycles. The number of benzene rings is 2. The molecule has 0 bridgehead atoms. The Morgan fingerprint density at radius 2 is 1.68 bits per heavy atom. The van der Waals surface area contributed by atoms with Gasteiger partial charge >= 0.3 is 11.9 Å². The van der Waals surface area contributed by atoms with E-state index in [0.717, 1.165) is 37.2 Å². The van der Waals surface area contributed by atoms with E-state index in [1.165, 1.54) is 13.2 Å². The van der Waals surface area contributed by atoms with Gasteiger partial charge < -0.3 is 34.5 Å². The number of nitrogens with one attached hydrogen (secondary N) is 2. The Bertz CT molecular complexity index is 1930. The van der Waals surface area contributed by atoms with Gasteiger partial charge in [0.1, 0.15) is 24.0 Å². The second-order valence-electron chi connectivity index (χ2n) is 18.6. The number of esters is 2. The minimum atomic E-state index is -1.23. The summed E-state index contributed by atoms with van der Waals surface area (Å²) in [4.78, 5) is 71.5. The summed E-state index contributed by atoms with van der Waals surface area (Å²) in [6, 6.07) is 12.4. The lowest BCUT2D eigenvalue weighted by molar-refractivity contribution is -0.179. The number of hydrogen-bond acceptors (Lipinski definition) is 11. The number of methoxy groups -OCH3 is 1. The third-order valence-corrected chi connectivity index (χ3v) is 12.2. The Morgan fingerprint density at radius 3 is 2.31 bits per heavy atom. The maximum absolute atomic E-state index is 13.9. The Kier molecular flexibility index (Phi) is 17.0. The minimum Gasteiger partial charge on any atom is -0.495 e. The number of carbonyl (C=O) groups excluding carboxylic acids is 5. The lowest BCUT2D eigenvalue weighted by atomic mass is 9.92. The van der Waals surface area contributed by atoms with Gasteiger partial charge in [-0.15, -0.1) is 0 Å². The summed E-state index contributed by atoms with van der Waals surface area (Å²) < 4.78 is 23.3. The molecule has 15 heteroatoms. The molecule has 2 fully saturated rings. The van der Waals surface area contributed by atoms with E-state index in [1.54, 1.807) is 38.1 Å². The fourth-order valence-electron chi connectivity index (χ4n) is 7.62. The first kappa shape index (κ1) is 48.9. The van der Waals surface area contributed by atoms with E-state index in [4.69, 9.17) is 30.5 Å². The number of thiol groups is 1. The first-order valence-corrected chi connectivity index (χ1v) is 22.5. The van der Waals surface area contributed by atoms with E-state index in [2.05, 4.69) is 52.4 Å². The number of amides is 3. The zero-order chi connectivity index (χ0) is 45.4. The summed E-state index contributed by atoms with van der Waals surface area (Å²) in [5.74, 6) is -2.02. The van der Waals surface area contributed by atoms with Crippen molar-refractivity contribution in [3.05, 3.63) is 76.3 Å². The van der Waals surface area contributed by atoms with Gasteiger partial charge in [0.2, 0.25) is 17.7 Å². The third kappa shape index (κ3) is 14.2. The van der Waals surface area contributed by atoms with Crippen LogP contribution in [0.15, 0.2) is 54.6 Å². The first-order chi connectivity index (χ1) is 29.2. The molecule has 3 aliphatic rings. The normalized spacial score (nSPS) is 25.3. The molecular weight excluding hydrogens is 832 g/mol. The topological polar surface area (TPSA) is 156 Å². The highest BCUT2D eigenvalue weighted by molar-refractivity contribution is 7.81. The molecule has 5 rings (SSSR count). The molecule has 2 saturated heterocycles. The van der Waals surface area contributed by atoms with Gasteiger partial charge in [0.15, 0.2) is 6.10 Å². The highest BCUT2D eigenvalue weighted by Crippen LogP contribution is 2.45. The minimum absolute atomic E-state index is 0.00532. The first-order valence-electron chi connectivity index (χ1n) is 21.7. The van der Waals surface area contributed by atoms with Crippen LogP contribution in [-0.2, 0) is 51.1 Å². The predicted molar refractivity (Wildman–Crippen MR) is 241 cm³/mol. The van der Waals surface area contributed by atoms with Crippen LogP contribution in [0.4, 0.5) is 0 Å². The van der Waals surface area contributed by atoms with E-state index < -0.39 is 47.4 Å². The Morgan fingerprint density at radius 1 is 1.00 bits per heavy atom. The average molecular weight is 898 g/mol. The van der Waals surface area contributed by atoms with Crippen molar-refractivity contribution in [2.75, 3.05) is 39.8 Å². The van der Waals surface area contributed by atoms with Crippen molar-refractivity contribution < 1.29 is 42.9 Å². The molecular formula is C47H65ClN4O9S. The molecule has 13 nitrogen and oxygen atoms in total. The molecule has 3 amide bonds. The van der Waals surface area contributed by atoms with E-state index in [9.17, 15) is 24.0 Å². The smallest absolute Gasteiger partial charge is 0.347 e. The predicted octanol–water partition coefficient (Wildman–Crippen LogP) is 6.26. The molecule has 0 saturated carbocycles. The van der Waals surface area contributed by atoms with Crippen molar-refractivity contribution in [2.45, 2.75) is 122 Å². The van der Waals surface area contributed by atoms with Crippen LogP contribution in [0, 0.1) is 17.3 Å². The third-order valence-electron chi connectivity index (χ3n) is 11.7. The van der Waals surface area contributed by atoms with Crippen LogP contribution in [0.25, 0.3) is 0 Å². The van der Waals surface area contributed by atoms with E-state index >= 15 is 0 Å². The van der Waals surface area contributed by atoms with Gasteiger partial charge in [-0.2, -0.15) is 12.6 Å². The van der Waals surface area contributed by atoms with Crippen molar-refractivity contribution in [3.63, 3.8) is 0 Å². The SMILES string of the molecule is COc1ccc(C[C@H]2NC(=O)/C=C/C[C@@H]([C@H](C)[C@@H]3O[C@@H]3c3ccc(CN4CCN(C(=O)CCC(C)(C)S)CC4)cc3)OC(=O)[C@H](CC(C)C)OC(=O)C(C)(C)CNC2=O)cc1Cl. The van der Waals surface area contributed by atoms with E-state index in [-0.39, 0.29) is 60.5 Å². The van der Waals surface area contributed by atoms with Crippen molar-refractivity contribution in [3.8, 4) is 5.75 Å². The number of carbonyl (C=O) groups is 5. The average Bonchev–Trinajstić information content (AvgIpc) is 4.02. The van der Waals surface area contributed by atoms with E-state index in [0.29, 0.717) is 35.8 Å². The Labute approximate surface area is 377 Å². The van der Waals surface area contributed by atoms with E-state index in [1.807, 2.05) is 39.5 Å². The molecule has 0 unspecified atom stereocenters. The number of rotatable bonds is 13. The van der Waals surface area contributed by atoms with Crippen LogP contribution in [0.1, 0.15) is 96.9 Å². The number of cyclic esters (lactones) is 2. The van der Waals surface area contributed by atoms with Gasteiger partial charge in [0.05, 0.1) is 23.7 Å². The van der Waals surface area contributed by atoms with Gasteiger partial charge in [-0.1, -0.05) is 82.6 Å². The highest BCUT2D eigenvalue weighted by atomic mass is 35.5. The van der Waals surface area contributed by atoms with Crippen molar-refractivity contribution >= 4 is 53.9 Å². The zero-order valence-electron chi connectivity index (χ0n) is 37.4. The largest absolute Gasteiger partial charge is 0.495 e. The lowest BCUT2D eigenvalue weighted by Crippen LogP contribution is -2.51. The Balaban J connectivity index is 1.27. The monoisotopic (exact) mass is 896 g/mol. The summed E-state index contributed by atoms with van der Waals surface area (Å²) in [6.45, 7) is 16.8. The van der Waals surface area contributed by atoms with Crippen molar-refractivity contribution in [2.24, 2.45) is 17.3 Å². The van der Waals surface area contributed by atoms with Crippen LogP contribution in [0.2, 0.25) is 5.02 Å². The molecule has 3 aliphatic heterocycles. The fourth-order valence-corrected chi connectivity index (χ4v) is 8.01. The van der Waals surface area contributed by atoms with Crippen LogP contribution < -0.4 is 15.4 Å². The van der Waals surface area contributed by atoms with Crippen LogP contribution in [0.5, 0.6) is 5.75 Å². The number of hydrogen-bond donors (Lipinski definition) is 3. The van der Waals surface area contributed by atoms with Gasteiger partial charge in [0, 0.05) is 69.2 Å². The van der Waals surface area contributed by atoms with Crippen molar-refractivity contribution in [1.82, 2.24) is 20.4 Å². The fraction of sp³-hybridized carbons (Fsp3) is 0.596. The highest BCUT2D eigenvalue weighted by Gasteiger charge is 2.48. The van der Waals surface area contributed by atoms with Crippen molar-refractivity contribution in [1.29, 1.82) is 0 Å². The summed E-state index contributed by atoms with van der Waals surface area (Å²) in [5.41, 5.74) is 1.62. The molecule has 0 spiro atoms. The molecule has 340 valence electrons. The number of epoxide rings is 1. The van der Waals surface area contributed by atoms with Gasteiger partial charge in [-0.3, -0.25) is 24.1 Å². The Hall–Kier alpha value is -4.11. The van der Waals surface area contributed by atoms with Gasteiger partial charge in [0.25, 0.3) is 0 Å². The standard InChI is InChI=1S/C47H65ClN4O9S/c1-29(2)24-38-44(56)59-36(10-9-11-39(53)50-35(26-32-14-17-37(58-8)34(48)25-32)43(55)49-28-46(4,5)45(57)60-38)30(3)41-42(61-41)33-15-12-31(13-16-33)27-51-20-22-52(23-21-51)40(54)18-19-47(6,7)62/h9,11-17,25,29-30,35-36,38,41-42,62H,10,18-24,26-28H2,1-8H3,(H,49,55)(H,50,53)/b11-9+/t30-,35+,36-,38-,41-,42+/m0/s1. The summed E-state index contributed by atoms with van der Waals surface area (Å²) in [5, 5.41) is 5.94. The molecule has 2 aromatic carbocycles. The summed E-state index contributed by atoms with van der Waals surface area (Å²) in [6.07, 6.45) is 2.30. The quantitative estimate of drug-likeness (QED) is 0.119. The molecule has 2 aromatic rings. The second kappa shape index (κ2) is 21.5. The van der Waals surface area contributed by atoms with Crippen LogP contribution >= 0.6 is 24.2 Å².